The van der Waals surface area contributed by atoms with Gasteiger partial charge in [-0.15, -0.1) is 0 Å². The van der Waals surface area contributed by atoms with Crippen molar-refractivity contribution in [2.24, 2.45) is 23.2 Å². The summed E-state index contributed by atoms with van der Waals surface area (Å²) >= 11 is 0. The maximum Gasteiger partial charge on any atom is 0.416 e. The van der Waals surface area contributed by atoms with Gasteiger partial charge in [0.15, 0.2) is 0 Å². The minimum atomic E-state index is -4.22. The van der Waals surface area contributed by atoms with Gasteiger partial charge >= 0.3 is 6.18 Å². The molecule has 0 aliphatic heterocycles. The highest BCUT2D eigenvalue weighted by molar-refractivity contribution is 5.82. The zero-order valence-corrected chi connectivity index (χ0v) is 22.8. The fourth-order valence-corrected chi connectivity index (χ4v) is 5.25. The van der Waals surface area contributed by atoms with Crippen molar-refractivity contribution in [2.75, 3.05) is 7.05 Å². The van der Waals surface area contributed by atoms with E-state index in [0.717, 1.165) is 30.9 Å². The Bertz CT molecular complexity index is 758. The van der Waals surface area contributed by atoms with Gasteiger partial charge in [0.1, 0.15) is 19.4 Å². The second-order valence-corrected chi connectivity index (χ2v) is 10.7. The van der Waals surface area contributed by atoms with Gasteiger partial charge in [0, 0.05) is 18.4 Å². The summed E-state index contributed by atoms with van der Waals surface area (Å²) in [6.07, 6.45) is 6.67. The maximum atomic E-state index is 12.6. The second kappa shape index (κ2) is 16.7. The normalized spacial score (nSPS) is 23.3. The third-order valence-electron chi connectivity index (χ3n) is 7.52. The van der Waals surface area contributed by atoms with Gasteiger partial charge in [0.05, 0.1) is 5.56 Å². The summed E-state index contributed by atoms with van der Waals surface area (Å²) in [7, 11) is 2.02. The molecule has 36 heavy (non-hydrogen) atoms. The van der Waals surface area contributed by atoms with Crippen LogP contribution in [0.25, 0.3) is 0 Å². The smallest absolute Gasteiger partial charge is 0.316 e. The summed E-state index contributed by atoms with van der Waals surface area (Å²) in [6, 6.07) is 5.67. The van der Waals surface area contributed by atoms with Crippen LogP contribution in [0, 0.1) is 30.1 Å². The van der Waals surface area contributed by atoms with Crippen molar-refractivity contribution in [1.29, 1.82) is 0 Å². The quantitative estimate of drug-likeness (QED) is 0.418. The molecule has 0 amide bonds. The van der Waals surface area contributed by atoms with E-state index in [1.54, 1.807) is 13.0 Å². The average molecular weight is 514 g/mol. The number of rotatable bonds is 7. The second-order valence-electron chi connectivity index (χ2n) is 10.7. The topological polar surface area (TPSA) is 63.2 Å². The number of halogens is 3. The summed E-state index contributed by atoms with van der Waals surface area (Å²) in [4.78, 5) is 28.6. The number of Topliss-reactive ketones (excluding diaryl/α,β-unsaturated/α-hetero) is 1. The number of benzene rings is 1. The fourth-order valence-electron chi connectivity index (χ4n) is 5.25. The van der Waals surface area contributed by atoms with Crippen molar-refractivity contribution in [3.8, 4) is 0 Å². The van der Waals surface area contributed by atoms with E-state index >= 15 is 0 Å². The van der Waals surface area contributed by atoms with Gasteiger partial charge in [-0.3, -0.25) is 4.79 Å². The molecule has 1 aromatic carbocycles. The molecule has 0 saturated heterocycles. The lowest BCUT2D eigenvalue weighted by atomic mass is 9.65. The molecule has 0 heterocycles. The number of carbonyl (C=O) groups is 3. The molecule has 206 valence electrons. The maximum absolute atomic E-state index is 12.6. The van der Waals surface area contributed by atoms with E-state index in [-0.39, 0.29) is 0 Å². The molecule has 3 rings (SSSR count). The van der Waals surface area contributed by atoms with Crippen LogP contribution in [0.15, 0.2) is 24.3 Å². The third kappa shape index (κ3) is 11.8. The highest BCUT2D eigenvalue weighted by atomic mass is 19.4. The molecule has 0 radical (unpaired) electrons. The molecule has 2 atom stereocenters. The Hall–Kier alpha value is -2.02. The minimum Gasteiger partial charge on any atom is -0.316 e. The molecule has 2 aliphatic rings. The van der Waals surface area contributed by atoms with Crippen molar-refractivity contribution in [3.05, 3.63) is 35.4 Å². The number of nitrogens with one attached hydrogen (secondary N) is 1. The zero-order chi connectivity index (χ0) is 27.9. The van der Waals surface area contributed by atoms with Gasteiger partial charge in [0.2, 0.25) is 0 Å². The van der Waals surface area contributed by atoms with Crippen LogP contribution < -0.4 is 5.32 Å². The molecule has 1 N–H and O–H groups in total. The predicted molar refractivity (Wildman–Crippen MR) is 140 cm³/mol. The van der Waals surface area contributed by atoms with Crippen LogP contribution in [0.5, 0.6) is 0 Å². The number of ketones is 1. The first-order chi connectivity index (χ1) is 16.9. The number of alkyl halides is 3. The number of hydrogen-bond acceptors (Lipinski definition) is 4. The number of carbonyl (C=O) groups excluding carboxylic acids is 3. The molecule has 2 aliphatic carbocycles. The highest BCUT2D eigenvalue weighted by Crippen LogP contribution is 2.44. The summed E-state index contributed by atoms with van der Waals surface area (Å²) in [6.45, 7) is 12.7. The van der Waals surface area contributed by atoms with Crippen LogP contribution in [-0.2, 0) is 20.6 Å². The zero-order valence-electron chi connectivity index (χ0n) is 22.8. The standard InChI is InChI=1S/C19H35NO.C8H7F3.2CH2O/c1-5-19(2,3)13-15-10-14(11-15)12-18(21)16-8-6-7-9-17(16)20-4;1-6-3-2-4-7(5-6)8(9,10)11;2*1-2/h14-17,20H,5-13H2,1-4H3;2-5H,1H3;2*1H2/t14?,15?,16-,17+;;;/m0.../s1. The number of hydrogen-bond donors (Lipinski definition) is 1. The monoisotopic (exact) mass is 513 g/mol. The molecule has 2 saturated carbocycles. The molecule has 7 heteroatoms. The molecule has 0 spiro atoms. The van der Waals surface area contributed by atoms with E-state index in [1.165, 1.54) is 51.0 Å². The van der Waals surface area contributed by atoms with Crippen LogP contribution in [0.3, 0.4) is 0 Å². The van der Waals surface area contributed by atoms with Gasteiger partial charge in [-0.1, -0.05) is 63.8 Å². The first-order valence-corrected chi connectivity index (χ1v) is 12.9. The van der Waals surface area contributed by atoms with Gasteiger partial charge in [-0.2, -0.15) is 13.2 Å². The van der Waals surface area contributed by atoms with Gasteiger partial charge in [0.25, 0.3) is 0 Å². The Labute approximate surface area is 215 Å². The third-order valence-corrected chi connectivity index (χ3v) is 7.52. The average Bonchev–Trinajstić information content (AvgIpc) is 2.85. The molecule has 2 fully saturated rings. The van der Waals surface area contributed by atoms with Crippen LogP contribution in [0.4, 0.5) is 13.2 Å². The highest BCUT2D eigenvalue weighted by Gasteiger charge is 2.37. The van der Waals surface area contributed by atoms with E-state index in [2.05, 4.69) is 26.1 Å². The minimum absolute atomic E-state index is 0.301. The molecule has 0 bridgehead atoms. The van der Waals surface area contributed by atoms with Crippen molar-refractivity contribution in [1.82, 2.24) is 5.32 Å². The van der Waals surface area contributed by atoms with Crippen LogP contribution in [-0.4, -0.2) is 32.5 Å². The summed E-state index contributed by atoms with van der Waals surface area (Å²) in [5.41, 5.74) is 0.526. The van der Waals surface area contributed by atoms with E-state index in [9.17, 15) is 18.0 Å². The molecule has 1 aromatic rings. The van der Waals surface area contributed by atoms with Crippen molar-refractivity contribution < 1.29 is 27.6 Å². The molecular formula is C29H46F3NO3. The lowest BCUT2D eigenvalue weighted by molar-refractivity contribution is -0.137. The Morgan fingerprint density at radius 2 is 1.61 bits per heavy atom. The van der Waals surface area contributed by atoms with Crippen molar-refractivity contribution in [2.45, 2.75) is 97.7 Å². The van der Waals surface area contributed by atoms with E-state index < -0.39 is 11.7 Å². The van der Waals surface area contributed by atoms with Gasteiger partial charge in [-0.05, 0) is 69.4 Å². The van der Waals surface area contributed by atoms with Crippen LogP contribution >= 0.6 is 0 Å². The Balaban J connectivity index is 0.000000688. The van der Waals surface area contributed by atoms with E-state index in [0.29, 0.717) is 34.6 Å². The van der Waals surface area contributed by atoms with Crippen LogP contribution in [0.1, 0.15) is 89.7 Å². The van der Waals surface area contributed by atoms with Crippen molar-refractivity contribution >= 4 is 19.4 Å². The lowest BCUT2D eigenvalue weighted by Crippen LogP contribution is -2.41. The van der Waals surface area contributed by atoms with Gasteiger partial charge < -0.3 is 14.9 Å². The SMILES string of the molecule is C=O.C=O.CCC(C)(C)CC1CC(CC(=O)[C@H]2CCCC[C@H]2NC)C1.Cc1cccc(C(F)(F)F)c1. The Morgan fingerprint density at radius 3 is 2.08 bits per heavy atom. The summed E-state index contributed by atoms with van der Waals surface area (Å²) in [5, 5.41) is 3.37. The molecule has 0 unspecified atom stereocenters. The van der Waals surface area contributed by atoms with Gasteiger partial charge in [-0.25, -0.2) is 0 Å². The van der Waals surface area contributed by atoms with E-state index in [1.807, 2.05) is 20.6 Å². The summed E-state index contributed by atoms with van der Waals surface area (Å²) in [5.74, 6) is 2.42. The van der Waals surface area contributed by atoms with E-state index in [4.69, 9.17) is 9.59 Å². The first-order valence-electron chi connectivity index (χ1n) is 12.9. The molecule has 0 aromatic heterocycles. The lowest BCUT2D eigenvalue weighted by Gasteiger charge is -2.40. The van der Waals surface area contributed by atoms with Crippen molar-refractivity contribution in [3.63, 3.8) is 0 Å². The fraction of sp³-hybridized carbons (Fsp3) is 0.690. The Kier molecular flexibility index (Phi) is 15.7. The molecule has 4 nitrogen and oxygen atoms in total. The van der Waals surface area contributed by atoms with Crippen LogP contribution in [0.2, 0.25) is 0 Å². The largest absolute Gasteiger partial charge is 0.416 e. The summed E-state index contributed by atoms with van der Waals surface area (Å²) < 4.78 is 35.9. The first kappa shape index (κ1) is 34.0. The predicted octanol–water partition coefficient (Wildman–Crippen LogP) is 7.22. The Morgan fingerprint density at radius 1 is 1.03 bits per heavy atom. The molecular weight excluding hydrogens is 467 g/mol. The number of aryl methyl sites for hydroxylation is 1.